The van der Waals surface area contributed by atoms with E-state index in [9.17, 15) is 52.7 Å². The fourth-order valence-corrected chi connectivity index (χ4v) is 28.8. The maximum Gasteiger partial charge on any atom is 0.326 e. The molecule has 8 atom stereocenters. The summed E-state index contributed by atoms with van der Waals surface area (Å²) in [6, 6.07) is 64.7. The second-order valence-electron chi connectivity index (χ2n) is 43.5. The Hall–Kier alpha value is -11.8. The van der Waals surface area contributed by atoms with Crippen molar-refractivity contribution in [2.24, 2.45) is 11.3 Å². The van der Waals surface area contributed by atoms with E-state index < -0.39 is 5.25 Å². The van der Waals surface area contributed by atoms with Crippen LogP contribution in [0, 0.1) is 11.3 Å². The summed E-state index contributed by atoms with van der Waals surface area (Å²) >= 11 is 6.51. The molecule has 12 aliphatic heterocycles. The van der Waals surface area contributed by atoms with Gasteiger partial charge in [0.1, 0.15) is 21.5 Å². The number of amides is 12. The Morgan fingerprint density at radius 2 is 0.807 bits per heavy atom. The van der Waals surface area contributed by atoms with Crippen molar-refractivity contribution < 1.29 is 49.4 Å². The van der Waals surface area contributed by atoms with E-state index in [0.29, 0.717) is 90.6 Å². The number of piperazine rings is 1. The highest BCUT2D eigenvalue weighted by atomic mass is 32.2. The molecule has 0 saturated carbocycles. The molecule has 14 heterocycles. The first kappa shape index (κ1) is 108. The molecule has 2 aromatic heterocycles. The lowest BCUT2D eigenvalue weighted by molar-refractivity contribution is -0.137. The quantitative estimate of drug-likeness (QED) is 0.0454. The number of likely N-dealkylation sites (tertiary alicyclic amines) is 4. The van der Waals surface area contributed by atoms with Crippen LogP contribution in [0.2, 0.25) is 0 Å². The Morgan fingerprint density at radius 1 is 0.413 bits per heavy atom. The minimum Gasteiger partial charge on any atom is -0.371 e. The lowest BCUT2D eigenvalue weighted by Gasteiger charge is -2.40. The molecule has 0 bridgehead atoms. The Kier molecular flexibility index (Phi) is 36.1. The fourth-order valence-electron chi connectivity index (χ4n) is 22.9. The van der Waals surface area contributed by atoms with Crippen LogP contribution in [0.1, 0.15) is 231 Å². The van der Waals surface area contributed by atoms with Crippen molar-refractivity contribution in [3.63, 3.8) is 0 Å². The van der Waals surface area contributed by atoms with E-state index in [1.807, 2.05) is 176 Å². The number of H-pyrrole nitrogens is 1. The van der Waals surface area contributed by atoms with Crippen molar-refractivity contribution in [1.82, 2.24) is 68.4 Å². The third kappa shape index (κ3) is 26.0. The Labute approximate surface area is 901 Å². The molecular weight excluding hydrogens is 1960 g/mol. The number of urea groups is 2. The lowest BCUT2D eigenvalue weighted by Crippen LogP contribution is -2.51. The number of aromatic amines is 1. The number of anilines is 4. The van der Waals surface area contributed by atoms with Crippen LogP contribution in [-0.4, -0.2) is 279 Å². The summed E-state index contributed by atoms with van der Waals surface area (Å²) in [4.78, 5) is 179. The molecule has 12 amide bonds. The van der Waals surface area contributed by atoms with Gasteiger partial charge in [-0.25, -0.2) is 14.4 Å². The van der Waals surface area contributed by atoms with Crippen LogP contribution >= 0.6 is 47.0 Å². The average Bonchev–Trinajstić information content (AvgIpc) is 1.46. The summed E-state index contributed by atoms with van der Waals surface area (Å²) in [5.41, 5.74) is 13.8. The molecule has 10 fully saturated rings. The molecule has 10 saturated heterocycles. The molecule has 150 heavy (non-hydrogen) atoms. The van der Waals surface area contributed by atoms with E-state index in [-0.39, 0.29) is 146 Å². The van der Waals surface area contributed by atoms with E-state index in [1.165, 1.54) is 48.2 Å². The number of imidazole rings is 1. The summed E-state index contributed by atoms with van der Waals surface area (Å²) in [5.74, 6) is 0.860. The molecule has 3 N–H and O–H groups in total. The molecule has 0 aliphatic carbocycles. The molecule has 21 rings (SSSR count). The smallest absolute Gasteiger partial charge is 0.326 e. The first-order valence-corrected chi connectivity index (χ1v) is 58.3. The fraction of sp³-hybridized carbons (Fsp3) is 0.504. The van der Waals surface area contributed by atoms with Crippen molar-refractivity contribution in [3.8, 4) is 0 Å². The molecule has 0 radical (unpaired) electrons. The zero-order valence-corrected chi connectivity index (χ0v) is 91.2. The first-order valence-electron chi connectivity index (χ1n) is 54.5. The third-order valence-corrected chi connectivity index (χ3v) is 37.3. The predicted molar refractivity (Wildman–Crippen MR) is 601 cm³/mol. The van der Waals surface area contributed by atoms with Gasteiger partial charge in [0.2, 0.25) is 47.3 Å². The topological polar surface area (TPSA) is 288 Å². The van der Waals surface area contributed by atoms with E-state index in [1.54, 1.807) is 59.4 Å². The summed E-state index contributed by atoms with van der Waals surface area (Å²) in [7, 11) is 2.17. The van der Waals surface area contributed by atoms with Crippen LogP contribution in [-0.2, 0) is 58.0 Å². The molecule has 7 unspecified atom stereocenters. The average molecular weight is 2110 g/mol. The van der Waals surface area contributed by atoms with Gasteiger partial charge in [0.15, 0.2) is 0 Å². The Morgan fingerprint density at radius 3 is 1.29 bits per heavy atom. The highest BCUT2D eigenvalue weighted by Gasteiger charge is 2.50. The molecule has 9 aromatic rings. The van der Waals surface area contributed by atoms with Crippen LogP contribution in [0.3, 0.4) is 0 Å². The monoisotopic (exact) mass is 2110 g/mol. The van der Waals surface area contributed by atoms with E-state index in [2.05, 4.69) is 156 Å². The van der Waals surface area contributed by atoms with Gasteiger partial charge in [-0.3, -0.25) is 47.9 Å². The van der Waals surface area contributed by atoms with Crippen molar-refractivity contribution in [1.29, 1.82) is 0 Å². The van der Waals surface area contributed by atoms with Gasteiger partial charge >= 0.3 is 17.8 Å². The maximum atomic E-state index is 13.8. The second-order valence-corrected chi connectivity index (χ2v) is 48.6. The number of hydrogen-bond donors (Lipinski definition) is 3. The largest absolute Gasteiger partial charge is 0.371 e. The predicted octanol–water partition coefficient (Wildman–Crippen LogP) is 19.1. The standard InChI is InChI=1S/C33H43N5O3S.C29H29N5O3S.C28H34N4O3S.C27H42N4O2S.H2/c1-23(2)21-38-31(40)29(42-32(38)26-11-5-7-13-28(26)35-16-8-3-9-17-35)20-30(39)36-18-14-25(15-19-36)37-22-24-10-4-6-12-27(24)34-33(37)41;35-26(32-16-12-22(13-17-32)34-24-9-5-4-8-23(24)31-29(34)37)18-25-27(36)33(19-20-10-14-30-15-11-20)28(38-25)21-6-2-1-3-7-21;1-2-3-15-31-26(34)24(36-27(31)20-9-5-4-6-10-20)18-25(33)30-16-13-22(14-17-30)32-19-21-11-7-8-12-23(21)29-28(32)35;1-27(2,3)12-15-31-25(33)23(20-24(32)30-13-8-5-9-14-30)34-26(31)21-10-6-7-11-22(21)29-18-16-28(4)17-19-29;/h4-7,10-13,23,25,29,32H,3,8-9,14-22H2,1-2H3,(H,34,41);1-11,14-15,22,25,28H,12-13,16-19H2,(H,31,37);4-12,22,24,27H,2-3,13-19H2,1H3,(H,29,35);6-7,10-11,23,26H,5,8-9,12-20H2,1-4H3;1H/t;;;23?,26-;/m...0./s1. The summed E-state index contributed by atoms with van der Waals surface area (Å²) < 4.78 is 1.83. The Bertz CT molecular complexity index is 6240. The van der Waals surface area contributed by atoms with E-state index >= 15 is 0 Å². The number of unbranched alkanes of at least 4 members (excludes halogenated alkanes) is 1. The van der Waals surface area contributed by atoms with Crippen LogP contribution in [0.25, 0.3) is 11.0 Å². The van der Waals surface area contributed by atoms with Gasteiger partial charge in [-0.15, -0.1) is 47.0 Å². The highest BCUT2D eigenvalue weighted by Crippen LogP contribution is 2.52. The van der Waals surface area contributed by atoms with Crippen molar-refractivity contribution in [3.05, 3.63) is 256 Å². The Balaban J connectivity index is 0.000000137. The SMILES string of the molecule is CC(C)CN1C(=O)C(CC(=O)N2CCC(N3Cc4ccccc4NC3=O)CC2)SC1c1ccccc1N1CCCCC1.CCCCN1C(=O)C(CC(=O)N2CCC(N3Cc4ccccc4NC3=O)CC2)SC1c1ccccc1.CN1CCN(c2ccccc2[C@@H]2SC(CC(=O)N3CCCCC3)C(=O)N2CCC(C)(C)C)CC1.O=C(CC1SC(c2ccccc2)N(Cc2ccncc2)C1=O)N1CCC(n2c(=O)[nH]c3ccccc32)CC1.[HH]. The number of nitrogens with one attached hydrogen (secondary N) is 3. The molecular formula is C117H150N18O11S4. The lowest BCUT2D eigenvalue weighted by atomic mass is 9.92. The van der Waals surface area contributed by atoms with Gasteiger partial charge in [0, 0.05) is 222 Å². The molecule has 29 nitrogen and oxygen atoms in total. The zero-order chi connectivity index (χ0) is 105. The number of nitrogens with zero attached hydrogens (tertiary/aromatic N) is 15. The van der Waals surface area contributed by atoms with Crippen molar-refractivity contribution >= 4 is 140 Å². The van der Waals surface area contributed by atoms with Crippen LogP contribution < -0.4 is 26.1 Å². The van der Waals surface area contributed by atoms with Gasteiger partial charge in [0.25, 0.3) is 0 Å². The van der Waals surface area contributed by atoms with E-state index in [4.69, 9.17) is 0 Å². The molecule has 33 heteroatoms. The normalized spacial score (nSPS) is 22.7. The number of piperidine rings is 5. The van der Waals surface area contributed by atoms with Crippen LogP contribution in [0.5, 0.6) is 0 Å². The number of aromatic nitrogens is 3. The minimum atomic E-state index is -0.427. The summed E-state index contributed by atoms with van der Waals surface area (Å²) in [5, 5.41) is 4.27. The highest BCUT2D eigenvalue weighted by molar-refractivity contribution is 8.02. The number of hydrogen-bond acceptors (Lipinski definition) is 19. The number of likely N-dealkylation sites (N-methyl/N-ethyl adjacent to an activating group) is 1. The molecule has 798 valence electrons. The van der Waals surface area contributed by atoms with Crippen molar-refractivity contribution in [2.45, 2.75) is 244 Å². The number of benzene rings is 7. The van der Waals surface area contributed by atoms with Gasteiger partial charge < -0.3 is 79.3 Å². The van der Waals surface area contributed by atoms with Crippen molar-refractivity contribution in [2.75, 3.05) is 139 Å². The summed E-state index contributed by atoms with van der Waals surface area (Å²) in [6.45, 7) is 28.4. The molecule has 12 aliphatic rings. The number of carbonyl (C=O) groups excluding carboxylic acids is 10. The number of pyridine rings is 1. The van der Waals surface area contributed by atoms with E-state index in [0.717, 1.165) is 173 Å². The number of fused-ring (bicyclic) bond motifs is 3. The van der Waals surface area contributed by atoms with Crippen LogP contribution in [0.4, 0.5) is 32.3 Å². The van der Waals surface area contributed by atoms with Gasteiger partial charge in [-0.05, 0) is 185 Å². The van der Waals surface area contributed by atoms with Gasteiger partial charge in [0.05, 0.1) is 32.0 Å². The van der Waals surface area contributed by atoms with Crippen LogP contribution in [0.15, 0.2) is 211 Å². The first-order chi connectivity index (χ1) is 72.7. The number of thioether (sulfide) groups is 4. The minimum absolute atomic E-state index is 0. The number of rotatable bonds is 26. The van der Waals surface area contributed by atoms with Gasteiger partial charge in [-0.2, -0.15) is 0 Å². The molecule has 7 aromatic carbocycles. The number of carbonyl (C=O) groups is 10. The third-order valence-electron chi connectivity index (χ3n) is 31.4. The number of para-hydroxylation sites is 6. The second kappa shape index (κ2) is 50.2. The van der Waals surface area contributed by atoms with Gasteiger partial charge in [-0.1, -0.05) is 194 Å². The molecule has 0 spiro atoms. The summed E-state index contributed by atoms with van der Waals surface area (Å²) in [6.07, 6.45) is 18.8. The maximum absolute atomic E-state index is 13.8. The zero-order valence-electron chi connectivity index (χ0n) is 88.0.